The predicted molar refractivity (Wildman–Crippen MR) is 156 cm³/mol. The Morgan fingerprint density at radius 2 is 1.67 bits per heavy atom. The number of aryl methyl sites for hydroxylation is 1. The lowest BCUT2D eigenvalue weighted by atomic mass is 9.76. The second kappa shape index (κ2) is 10.6. The van der Waals surface area contributed by atoms with E-state index in [1.54, 1.807) is 12.1 Å². The lowest BCUT2D eigenvalue weighted by Gasteiger charge is -2.37. The molecule has 1 heterocycles. The maximum Gasteiger partial charge on any atom is 0.303 e. The molecule has 0 spiro atoms. The SMILES string of the molecule is C=C(C)c1cc(C#N)c2c3c(cc(C#N)c(C(CO)C(C)C)c13)C(=C)N(c1ccc(CCC(=O)O)cc1)C2=C. The van der Waals surface area contributed by atoms with E-state index in [4.69, 9.17) is 5.11 Å². The van der Waals surface area contributed by atoms with Crippen LogP contribution in [0, 0.1) is 28.6 Å². The number of rotatable bonds is 8. The first kappa shape index (κ1) is 27.4. The number of carboxylic acid groups (broad SMARTS) is 1. The van der Waals surface area contributed by atoms with Gasteiger partial charge in [0.05, 0.1) is 29.9 Å². The zero-order valence-electron chi connectivity index (χ0n) is 22.5. The van der Waals surface area contributed by atoms with Crippen molar-refractivity contribution in [2.24, 2.45) is 5.92 Å². The second-order valence-corrected chi connectivity index (χ2v) is 10.3. The lowest BCUT2D eigenvalue weighted by Crippen LogP contribution is -2.25. The highest BCUT2D eigenvalue weighted by Crippen LogP contribution is 2.49. The van der Waals surface area contributed by atoms with E-state index in [-0.39, 0.29) is 24.9 Å². The highest BCUT2D eigenvalue weighted by Gasteiger charge is 2.34. The van der Waals surface area contributed by atoms with Crippen molar-refractivity contribution in [3.8, 4) is 12.1 Å². The van der Waals surface area contributed by atoms with Crippen molar-refractivity contribution >= 4 is 39.4 Å². The van der Waals surface area contributed by atoms with Crippen molar-refractivity contribution in [2.75, 3.05) is 11.5 Å². The quantitative estimate of drug-likeness (QED) is 0.339. The highest BCUT2D eigenvalue weighted by atomic mass is 16.4. The van der Waals surface area contributed by atoms with Crippen LogP contribution < -0.4 is 4.90 Å². The number of aliphatic hydroxyl groups excluding tert-OH is 1. The summed E-state index contributed by atoms with van der Waals surface area (Å²) < 4.78 is 0. The van der Waals surface area contributed by atoms with E-state index in [1.165, 1.54) is 0 Å². The lowest BCUT2D eigenvalue weighted by molar-refractivity contribution is -0.136. The van der Waals surface area contributed by atoms with Gasteiger partial charge in [0.2, 0.25) is 0 Å². The fourth-order valence-electron chi connectivity index (χ4n) is 5.50. The molecule has 0 amide bonds. The van der Waals surface area contributed by atoms with Gasteiger partial charge in [-0.25, -0.2) is 0 Å². The summed E-state index contributed by atoms with van der Waals surface area (Å²) in [7, 11) is 0. The Morgan fingerprint density at radius 1 is 1.03 bits per heavy atom. The minimum atomic E-state index is -0.853. The molecule has 6 nitrogen and oxygen atoms in total. The molecule has 39 heavy (non-hydrogen) atoms. The molecule has 6 heteroatoms. The van der Waals surface area contributed by atoms with Crippen LogP contribution >= 0.6 is 0 Å². The van der Waals surface area contributed by atoms with E-state index in [0.717, 1.165) is 38.7 Å². The summed E-state index contributed by atoms with van der Waals surface area (Å²) in [6, 6.07) is 15.8. The number of benzene rings is 3. The van der Waals surface area contributed by atoms with Crippen LogP contribution in [-0.2, 0) is 11.2 Å². The van der Waals surface area contributed by atoms with Crippen LogP contribution in [-0.4, -0.2) is 22.8 Å². The molecule has 0 radical (unpaired) electrons. The van der Waals surface area contributed by atoms with Gasteiger partial charge < -0.3 is 15.1 Å². The zero-order chi connectivity index (χ0) is 28.6. The van der Waals surface area contributed by atoms with Crippen molar-refractivity contribution < 1.29 is 15.0 Å². The maximum absolute atomic E-state index is 11.0. The molecule has 0 aliphatic carbocycles. The Morgan fingerprint density at radius 3 is 2.18 bits per heavy atom. The molecule has 2 N–H and O–H groups in total. The molecule has 1 aliphatic rings. The van der Waals surface area contributed by atoms with Crippen LogP contribution in [0.5, 0.6) is 0 Å². The van der Waals surface area contributed by atoms with E-state index < -0.39 is 5.97 Å². The van der Waals surface area contributed by atoms with Gasteiger partial charge in [0, 0.05) is 45.9 Å². The molecule has 0 bridgehead atoms. The van der Waals surface area contributed by atoms with Gasteiger partial charge in [-0.1, -0.05) is 51.3 Å². The third kappa shape index (κ3) is 4.61. The predicted octanol–water partition coefficient (Wildman–Crippen LogP) is 6.83. The highest BCUT2D eigenvalue weighted by molar-refractivity contribution is 6.17. The van der Waals surface area contributed by atoms with Crippen LogP contribution in [0.3, 0.4) is 0 Å². The van der Waals surface area contributed by atoms with Gasteiger partial charge >= 0.3 is 5.97 Å². The molecule has 196 valence electrons. The molecule has 3 aromatic rings. The van der Waals surface area contributed by atoms with Crippen LogP contribution in [0.4, 0.5) is 5.69 Å². The van der Waals surface area contributed by atoms with E-state index in [2.05, 4.69) is 31.9 Å². The molecule has 0 saturated heterocycles. The van der Waals surface area contributed by atoms with Crippen LogP contribution in [0.2, 0.25) is 0 Å². The average molecular weight is 518 g/mol. The van der Waals surface area contributed by atoms with E-state index >= 15 is 0 Å². The number of hydrogen-bond donors (Lipinski definition) is 2. The molecular weight excluding hydrogens is 486 g/mol. The number of aliphatic carboxylic acids is 1. The number of hydrogen-bond acceptors (Lipinski definition) is 5. The second-order valence-electron chi connectivity index (χ2n) is 10.3. The van der Waals surface area contributed by atoms with Gasteiger partial charge in [0.25, 0.3) is 0 Å². The average Bonchev–Trinajstić information content (AvgIpc) is 2.90. The summed E-state index contributed by atoms with van der Waals surface area (Å²) in [5.41, 5.74) is 7.32. The number of carboxylic acids is 1. The molecule has 4 rings (SSSR count). The van der Waals surface area contributed by atoms with Gasteiger partial charge in [-0.2, -0.15) is 10.5 Å². The van der Waals surface area contributed by atoms with Gasteiger partial charge in [-0.15, -0.1) is 0 Å². The summed E-state index contributed by atoms with van der Waals surface area (Å²) >= 11 is 0. The smallest absolute Gasteiger partial charge is 0.303 e. The van der Waals surface area contributed by atoms with Gasteiger partial charge in [0.15, 0.2) is 0 Å². The largest absolute Gasteiger partial charge is 0.481 e. The molecule has 1 unspecified atom stereocenters. The van der Waals surface area contributed by atoms with Crippen molar-refractivity contribution in [2.45, 2.75) is 39.5 Å². The Labute approximate surface area is 229 Å². The van der Waals surface area contributed by atoms with Crippen molar-refractivity contribution in [3.05, 3.63) is 95.1 Å². The van der Waals surface area contributed by atoms with Gasteiger partial charge in [-0.3, -0.25) is 4.79 Å². The Kier molecular flexibility index (Phi) is 7.45. The van der Waals surface area contributed by atoms with Crippen molar-refractivity contribution in [1.29, 1.82) is 10.5 Å². The minimum Gasteiger partial charge on any atom is -0.481 e. The molecule has 1 atom stereocenters. The third-order valence-corrected chi connectivity index (χ3v) is 7.48. The topological polar surface area (TPSA) is 108 Å². The number of allylic oxidation sites excluding steroid dienone is 1. The third-order valence-electron chi connectivity index (χ3n) is 7.48. The van der Waals surface area contributed by atoms with E-state index in [0.29, 0.717) is 40.1 Å². The van der Waals surface area contributed by atoms with E-state index in [9.17, 15) is 20.4 Å². The first-order chi connectivity index (χ1) is 18.5. The fourth-order valence-corrected chi connectivity index (χ4v) is 5.50. The normalized spacial score (nSPS) is 13.4. The molecule has 0 saturated carbocycles. The monoisotopic (exact) mass is 517 g/mol. The van der Waals surface area contributed by atoms with Crippen molar-refractivity contribution in [1.82, 2.24) is 0 Å². The maximum atomic E-state index is 11.0. The van der Waals surface area contributed by atoms with Gasteiger partial charge in [-0.05, 0) is 65.6 Å². The molecule has 0 aromatic heterocycles. The summed E-state index contributed by atoms with van der Waals surface area (Å²) in [5, 5.41) is 41.5. The van der Waals surface area contributed by atoms with Gasteiger partial charge in [0.1, 0.15) is 0 Å². The number of nitrogens with zero attached hydrogens (tertiary/aromatic N) is 3. The number of carbonyl (C=O) groups is 1. The van der Waals surface area contributed by atoms with Crippen molar-refractivity contribution in [3.63, 3.8) is 0 Å². The number of nitriles is 2. The first-order valence-electron chi connectivity index (χ1n) is 12.8. The minimum absolute atomic E-state index is 0.0406. The van der Waals surface area contributed by atoms with Crippen LogP contribution in [0.25, 0.3) is 27.7 Å². The van der Waals surface area contributed by atoms with E-state index in [1.807, 2.05) is 49.9 Å². The van der Waals surface area contributed by atoms with Crippen LogP contribution in [0.15, 0.2) is 56.1 Å². The molecule has 3 aromatic carbocycles. The molecule has 1 aliphatic heterocycles. The molecular formula is C33H31N3O3. The summed E-state index contributed by atoms with van der Waals surface area (Å²) in [6.45, 7) is 18.7. The fraction of sp³-hybridized carbons (Fsp3) is 0.242. The Bertz CT molecular complexity index is 1630. The zero-order valence-corrected chi connectivity index (χ0v) is 22.5. The standard InChI is InChI=1S/C33H31N3O3/c1-18(2)26-13-23(15-34)30-21(6)36(25-10-7-22(8-11-25)9-12-29(38)39)20(5)27-14-24(16-35)31(32(26)33(27)30)28(17-37)19(3)4/h7-8,10-11,13-14,19,28,37H,1,5-6,9,12,17H2,2-4H3,(H,38,39). The Hall–Kier alpha value is -4.65. The Balaban J connectivity index is 2.05. The first-order valence-corrected chi connectivity index (χ1v) is 12.8. The summed E-state index contributed by atoms with van der Waals surface area (Å²) in [5.74, 6) is -1.10. The number of anilines is 1. The molecule has 0 fully saturated rings. The summed E-state index contributed by atoms with van der Waals surface area (Å²) in [4.78, 5) is 12.8. The van der Waals surface area contributed by atoms with Crippen LogP contribution in [0.1, 0.15) is 72.1 Å². The number of aliphatic hydroxyl groups is 1. The summed E-state index contributed by atoms with van der Waals surface area (Å²) in [6.07, 6.45) is 0.455.